The fourth-order valence-corrected chi connectivity index (χ4v) is 4.09. The number of Topliss-reactive ketones (excluding diaryl/α,β-unsaturated/α-hetero) is 1. The summed E-state index contributed by atoms with van der Waals surface area (Å²) in [5.74, 6) is -0.445. The minimum Gasteiger partial charge on any atom is -0.340 e. The van der Waals surface area contributed by atoms with Gasteiger partial charge in [0.15, 0.2) is 5.78 Å². The average Bonchev–Trinajstić information content (AvgIpc) is 2.60. The maximum Gasteiger partial charge on any atom is 0.243 e. The van der Waals surface area contributed by atoms with E-state index in [0.29, 0.717) is 18.7 Å². The van der Waals surface area contributed by atoms with Gasteiger partial charge in [-0.3, -0.25) is 9.59 Å². The molecule has 0 aliphatic carbocycles. The van der Waals surface area contributed by atoms with Crippen LogP contribution in [0.3, 0.4) is 0 Å². The van der Waals surface area contributed by atoms with Crippen LogP contribution in [-0.2, 0) is 14.8 Å². The number of rotatable bonds is 5. The molecule has 1 amide bonds. The number of carbonyl (C=O) groups is 2. The van der Waals surface area contributed by atoms with Gasteiger partial charge in [-0.05, 0) is 26.0 Å². The zero-order chi connectivity index (χ0) is 18.8. The molecule has 0 saturated carbocycles. The van der Waals surface area contributed by atoms with Gasteiger partial charge in [-0.25, -0.2) is 8.42 Å². The van der Waals surface area contributed by atoms with Crippen LogP contribution in [0.15, 0.2) is 29.2 Å². The Bertz CT molecular complexity index is 736. The maximum atomic E-state index is 12.7. The van der Waals surface area contributed by atoms with Gasteiger partial charge in [-0.2, -0.15) is 4.31 Å². The normalized spacial score (nSPS) is 18.6. The summed E-state index contributed by atoms with van der Waals surface area (Å²) in [5.41, 5.74) is 6.24. The molecule has 1 aliphatic heterocycles. The van der Waals surface area contributed by atoms with Crippen LogP contribution in [-0.4, -0.2) is 61.5 Å². The lowest BCUT2D eigenvalue weighted by Crippen LogP contribution is -2.53. The van der Waals surface area contributed by atoms with E-state index in [0.717, 1.165) is 0 Å². The Kier molecular flexibility index (Phi) is 5.97. The number of ketones is 1. The average molecular weight is 367 g/mol. The van der Waals surface area contributed by atoms with Crippen molar-refractivity contribution in [3.8, 4) is 0 Å². The largest absolute Gasteiger partial charge is 0.340 e. The number of piperazine rings is 1. The first kappa shape index (κ1) is 19.6. The summed E-state index contributed by atoms with van der Waals surface area (Å²) in [6, 6.07) is 5.68. The van der Waals surface area contributed by atoms with Crippen molar-refractivity contribution >= 4 is 21.7 Å². The molecular formula is C17H25N3O4S. The molecular weight excluding hydrogens is 342 g/mol. The Hall–Kier alpha value is -1.77. The van der Waals surface area contributed by atoms with Crippen LogP contribution in [0.5, 0.6) is 0 Å². The number of nitrogens with zero attached hydrogens (tertiary/aromatic N) is 2. The predicted octanol–water partition coefficient (Wildman–Crippen LogP) is 0.705. The number of hydrogen-bond donors (Lipinski definition) is 1. The van der Waals surface area contributed by atoms with Crippen molar-refractivity contribution in [2.75, 3.05) is 26.2 Å². The van der Waals surface area contributed by atoms with Gasteiger partial charge < -0.3 is 10.6 Å². The highest BCUT2D eigenvalue weighted by Gasteiger charge is 2.32. The fraction of sp³-hybridized carbons (Fsp3) is 0.529. The van der Waals surface area contributed by atoms with Crippen LogP contribution in [0.25, 0.3) is 0 Å². The van der Waals surface area contributed by atoms with Crippen molar-refractivity contribution in [2.24, 2.45) is 11.7 Å². The molecule has 138 valence electrons. The zero-order valence-corrected chi connectivity index (χ0v) is 15.6. The van der Waals surface area contributed by atoms with E-state index in [1.165, 1.54) is 35.5 Å². The molecule has 0 spiro atoms. The molecule has 8 heteroatoms. The van der Waals surface area contributed by atoms with E-state index < -0.39 is 10.0 Å². The first-order valence-corrected chi connectivity index (χ1v) is 9.74. The van der Waals surface area contributed by atoms with Crippen LogP contribution in [0.2, 0.25) is 0 Å². The summed E-state index contributed by atoms with van der Waals surface area (Å²) in [5, 5.41) is 0. The summed E-state index contributed by atoms with van der Waals surface area (Å²) in [6.45, 7) is 6.19. The van der Waals surface area contributed by atoms with Crippen LogP contribution < -0.4 is 5.73 Å². The number of nitrogens with two attached hydrogens (primary N) is 1. The van der Waals surface area contributed by atoms with E-state index in [4.69, 9.17) is 5.73 Å². The van der Waals surface area contributed by atoms with E-state index in [1.807, 2.05) is 0 Å². The molecule has 0 bridgehead atoms. The first-order chi connectivity index (χ1) is 11.6. The highest BCUT2D eigenvalue weighted by atomic mass is 32.2. The third-order valence-electron chi connectivity index (χ3n) is 4.63. The molecule has 2 rings (SSSR count). The van der Waals surface area contributed by atoms with Crippen LogP contribution in [0.1, 0.15) is 31.1 Å². The highest BCUT2D eigenvalue weighted by molar-refractivity contribution is 7.89. The molecule has 7 nitrogen and oxygen atoms in total. The lowest BCUT2D eigenvalue weighted by molar-refractivity contribution is -0.136. The summed E-state index contributed by atoms with van der Waals surface area (Å²) in [7, 11) is -3.63. The van der Waals surface area contributed by atoms with Crippen molar-refractivity contribution in [1.82, 2.24) is 9.21 Å². The van der Waals surface area contributed by atoms with Gasteiger partial charge >= 0.3 is 0 Å². The standard InChI is InChI=1S/C17H25N3O4S/c1-12(13(2)18)17(22)19-8-10-20(11-9-19)25(23,24)16-6-4-15(5-7-16)14(3)21/h4-7,12-13H,8-11,18H2,1-3H3. The SMILES string of the molecule is CC(=O)c1ccc(S(=O)(=O)N2CCN(C(=O)C(C)C(C)N)CC2)cc1. The molecule has 0 aromatic heterocycles. The Labute approximate surface area is 148 Å². The molecule has 0 radical (unpaired) electrons. The van der Waals surface area contributed by atoms with Crippen molar-refractivity contribution in [1.29, 1.82) is 0 Å². The Balaban J connectivity index is 2.06. The van der Waals surface area contributed by atoms with Gasteiger partial charge in [-0.15, -0.1) is 0 Å². The highest BCUT2D eigenvalue weighted by Crippen LogP contribution is 2.19. The fourth-order valence-electron chi connectivity index (χ4n) is 2.67. The Morgan fingerprint density at radius 3 is 2.00 bits per heavy atom. The van der Waals surface area contributed by atoms with Crippen molar-refractivity contribution in [3.63, 3.8) is 0 Å². The van der Waals surface area contributed by atoms with E-state index in [9.17, 15) is 18.0 Å². The molecule has 1 aromatic rings. The van der Waals surface area contributed by atoms with E-state index in [-0.39, 0.29) is 41.6 Å². The van der Waals surface area contributed by atoms with Crippen LogP contribution >= 0.6 is 0 Å². The topological polar surface area (TPSA) is 101 Å². The quantitative estimate of drug-likeness (QED) is 0.772. The van der Waals surface area contributed by atoms with Gasteiger partial charge in [0.05, 0.1) is 10.8 Å². The molecule has 1 saturated heterocycles. The predicted molar refractivity (Wildman–Crippen MR) is 94.6 cm³/mol. The maximum absolute atomic E-state index is 12.7. The first-order valence-electron chi connectivity index (χ1n) is 8.30. The van der Waals surface area contributed by atoms with Gasteiger partial charge in [0.1, 0.15) is 0 Å². The molecule has 1 aromatic carbocycles. The van der Waals surface area contributed by atoms with Crippen LogP contribution in [0, 0.1) is 5.92 Å². The summed E-state index contributed by atoms with van der Waals surface area (Å²) in [6.07, 6.45) is 0. The number of carbonyl (C=O) groups excluding carboxylic acids is 2. The second-order valence-electron chi connectivity index (χ2n) is 6.46. The Morgan fingerprint density at radius 2 is 1.56 bits per heavy atom. The lowest BCUT2D eigenvalue weighted by Gasteiger charge is -2.35. The van der Waals surface area contributed by atoms with Crippen molar-refractivity contribution in [3.05, 3.63) is 29.8 Å². The minimum atomic E-state index is -3.63. The van der Waals surface area contributed by atoms with E-state index >= 15 is 0 Å². The van der Waals surface area contributed by atoms with Crippen molar-refractivity contribution in [2.45, 2.75) is 31.7 Å². The number of sulfonamides is 1. The molecule has 1 heterocycles. The smallest absolute Gasteiger partial charge is 0.243 e. The molecule has 25 heavy (non-hydrogen) atoms. The van der Waals surface area contributed by atoms with Gasteiger partial charge in [0.2, 0.25) is 15.9 Å². The molecule has 2 N–H and O–H groups in total. The summed E-state index contributed by atoms with van der Waals surface area (Å²) >= 11 is 0. The lowest BCUT2D eigenvalue weighted by atomic mass is 10.0. The minimum absolute atomic E-state index is 0.0436. The van der Waals surface area contributed by atoms with Crippen molar-refractivity contribution < 1.29 is 18.0 Å². The second-order valence-corrected chi connectivity index (χ2v) is 8.40. The third kappa shape index (κ3) is 4.26. The molecule has 1 aliphatic rings. The number of amides is 1. The third-order valence-corrected chi connectivity index (χ3v) is 6.54. The van der Waals surface area contributed by atoms with Gasteiger partial charge in [0, 0.05) is 37.8 Å². The summed E-state index contributed by atoms with van der Waals surface area (Å²) in [4.78, 5) is 25.4. The second kappa shape index (κ2) is 7.63. The molecule has 1 fully saturated rings. The number of hydrogen-bond acceptors (Lipinski definition) is 5. The van der Waals surface area contributed by atoms with Gasteiger partial charge in [0.25, 0.3) is 0 Å². The zero-order valence-electron chi connectivity index (χ0n) is 14.8. The molecule has 2 atom stereocenters. The van der Waals surface area contributed by atoms with Crippen LogP contribution in [0.4, 0.5) is 0 Å². The van der Waals surface area contributed by atoms with E-state index in [2.05, 4.69) is 0 Å². The Morgan fingerprint density at radius 1 is 1.04 bits per heavy atom. The molecule has 2 unspecified atom stereocenters. The monoisotopic (exact) mass is 367 g/mol. The van der Waals surface area contributed by atoms with Gasteiger partial charge in [-0.1, -0.05) is 19.1 Å². The van der Waals surface area contributed by atoms with E-state index in [1.54, 1.807) is 18.7 Å². The summed E-state index contributed by atoms with van der Waals surface area (Å²) < 4.78 is 26.8. The number of benzene rings is 1.